The van der Waals surface area contributed by atoms with Crippen molar-refractivity contribution in [2.75, 3.05) is 11.1 Å². The Hall–Kier alpha value is -4.99. The third-order valence-electron chi connectivity index (χ3n) is 5.47. The van der Waals surface area contributed by atoms with Gasteiger partial charge < -0.3 is 20.2 Å². The SMILES string of the molecule is Cc1ccc(C(=O)Nc2ccc(Oc3ccc4nc(N)cn4c3)c(F)c2)c(=O)n1-c1ccc(F)cc1. The van der Waals surface area contributed by atoms with E-state index in [2.05, 4.69) is 10.3 Å². The van der Waals surface area contributed by atoms with E-state index in [9.17, 15) is 18.4 Å². The van der Waals surface area contributed by atoms with Crippen molar-refractivity contribution in [2.45, 2.75) is 6.92 Å². The molecule has 2 aromatic carbocycles. The monoisotopic (exact) mass is 487 g/mol. The summed E-state index contributed by atoms with van der Waals surface area (Å²) in [6, 6.07) is 15.5. The van der Waals surface area contributed by atoms with E-state index in [1.807, 2.05) is 0 Å². The summed E-state index contributed by atoms with van der Waals surface area (Å²) in [5, 5.41) is 2.53. The van der Waals surface area contributed by atoms with Gasteiger partial charge >= 0.3 is 0 Å². The van der Waals surface area contributed by atoms with E-state index < -0.39 is 23.1 Å². The zero-order valence-corrected chi connectivity index (χ0v) is 18.9. The van der Waals surface area contributed by atoms with Crippen LogP contribution in [-0.4, -0.2) is 19.9 Å². The highest BCUT2D eigenvalue weighted by molar-refractivity contribution is 6.04. The Morgan fingerprint density at radius 1 is 1.00 bits per heavy atom. The summed E-state index contributed by atoms with van der Waals surface area (Å²) in [4.78, 5) is 30.0. The van der Waals surface area contributed by atoms with Crippen molar-refractivity contribution in [1.82, 2.24) is 14.0 Å². The Kier molecular flexibility index (Phi) is 5.69. The van der Waals surface area contributed by atoms with Crippen LogP contribution >= 0.6 is 0 Å². The number of imidazole rings is 1. The number of aryl methyl sites for hydroxylation is 1. The van der Waals surface area contributed by atoms with Crippen LogP contribution in [0.1, 0.15) is 16.1 Å². The number of fused-ring (bicyclic) bond motifs is 1. The molecule has 0 saturated carbocycles. The van der Waals surface area contributed by atoms with Crippen molar-refractivity contribution < 1.29 is 18.3 Å². The summed E-state index contributed by atoms with van der Waals surface area (Å²) < 4.78 is 36.6. The van der Waals surface area contributed by atoms with Crippen LogP contribution in [-0.2, 0) is 0 Å². The topological polar surface area (TPSA) is 104 Å². The first-order valence-corrected chi connectivity index (χ1v) is 10.8. The van der Waals surface area contributed by atoms with E-state index in [-0.39, 0.29) is 17.0 Å². The number of aromatic nitrogens is 3. The fourth-order valence-corrected chi connectivity index (χ4v) is 3.75. The first-order valence-electron chi connectivity index (χ1n) is 10.8. The second-order valence-electron chi connectivity index (χ2n) is 8.00. The Bertz CT molecular complexity index is 1680. The van der Waals surface area contributed by atoms with Crippen molar-refractivity contribution in [3.8, 4) is 17.2 Å². The lowest BCUT2D eigenvalue weighted by Crippen LogP contribution is -2.29. The van der Waals surface area contributed by atoms with Gasteiger partial charge in [0.15, 0.2) is 11.6 Å². The smallest absolute Gasteiger partial charge is 0.268 e. The molecular formula is C26H19F2N5O3. The van der Waals surface area contributed by atoms with Gasteiger partial charge in [0.1, 0.15) is 28.6 Å². The number of carbonyl (C=O) groups excluding carboxylic acids is 1. The van der Waals surface area contributed by atoms with Gasteiger partial charge in [0.05, 0.1) is 12.4 Å². The maximum absolute atomic E-state index is 14.7. The molecule has 3 heterocycles. The number of pyridine rings is 2. The molecule has 36 heavy (non-hydrogen) atoms. The Morgan fingerprint density at radius 2 is 1.78 bits per heavy atom. The van der Waals surface area contributed by atoms with Gasteiger partial charge in [-0.25, -0.2) is 13.8 Å². The highest BCUT2D eigenvalue weighted by Crippen LogP contribution is 2.27. The number of nitrogen functional groups attached to an aromatic ring is 1. The molecule has 0 unspecified atom stereocenters. The van der Waals surface area contributed by atoms with Gasteiger partial charge in [0, 0.05) is 23.1 Å². The van der Waals surface area contributed by atoms with E-state index in [1.54, 1.807) is 41.9 Å². The molecule has 0 fully saturated rings. The van der Waals surface area contributed by atoms with Gasteiger partial charge in [-0.05, 0) is 67.6 Å². The van der Waals surface area contributed by atoms with Gasteiger partial charge in [-0.3, -0.25) is 14.2 Å². The molecule has 180 valence electrons. The molecule has 10 heteroatoms. The molecule has 5 aromatic rings. The molecule has 0 spiro atoms. The van der Waals surface area contributed by atoms with E-state index in [0.717, 1.165) is 6.07 Å². The molecule has 0 bridgehead atoms. The van der Waals surface area contributed by atoms with E-state index in [0.29, 0.717) is 28.6 Å². The number of nitrogens with one attached hydrogen (secondary N) is 1. The van der Waals surface area contributed by atoms with Crippen LogP contribution in [0.25, 0.3) is 11.3 Å². The largest absolute Gasteiger partial charge is 0.453 e. The van der Waals surface area contributed by atoms with Crippen LogP contribution in [0.5, 0.6) is 11.5 Å². The molecular weight excluding hydrogens is 468 g/mol. The third kappa shape index (κ3) is 4.39. The van der Waals surface area contributed by atoms with Crippen LogP contribution in [0.3, 0.4) is 0 Å². The molecule has 0 aliphatic heterocycles. The van der Waals surface area contributed by atoms with Gasteiger partial charge in [-0.2, -0.15) is 0 Å². The fourth-order valence-electron chi connectivity index (χ4n) is 3.75. The first-order chi connectivity index (χ1) is 17.3. The lowest BCUT2D eigenvalue weighted by Gasteiger charge is -2.13. The molecule has 0 radical (unpaired) electrons. The molecule has 0 saturated heterocycles. The van der Waals surface area contributed by atoms with Crippen LogP contribution in [0.2, 0.25) is 0 Å². The van der Waals surface area contributed by atoms with Crippen molar-refractivity contribution in [3.05, 3.63) is 112 Å². The number of anilines is 2. The fraction of sp³-hybridized carbons (Fsp3) is 0.0385. The maximum atomic E-state index is 14.7. The van der Waals surface area contributed by atoms with Gasteiger partial charge in [0.2, 0.25) is 0 Å². The highest BCUT2D eigenvalue weighted by atomic mass is 19.1. The average molecular weight is 487 g/mol. The van der Waals surface area contributed by atoms with Gasteiger partial charge in [0.25, 0.3) is 11.5 Å². The van der Waals surface area contributed by atoms with Crippen molar-refractivity contribution in [1.29, 1.82) is 0 Å². The average Bonchev–Trinajstić information content (AvgIpc) is 3.21. The quantitative estimate of drug-likeness (QED) is 0.374. The summed E-state index contributed by atoms with van der Waals surface area (Å²) in [6.45, 7) is 1.69. The molecule has 0 aliphatic carbocycles. The van der Waals surface area contributed by atoms with Gasteiger partial charge in [-0.1, -0.05) is 0 Å². The van der Waals surface area contributed by atoms with Crippen molar-refractivity contribution in [2.24, 2.45) is 0 Å². The number of ether oxygens (including phenoxy) is 1. The van der Waals surface area contributed by atoms with E-state index in [1.165, 1.54) is 47.0 Å². The number of halogens is 2. The lowest BCUT2D eigenvalue weighted by molar-refractivity contribution is 0.102. The van der Waals surface area contributed by atoms with Crippen molar-refractivity contribution >= 4 is 23.1 Å². The summed E-state index contributed by atoms with van der Waals surface area (Å²) in [5.74, 6) is -1.24. The number of nitrogens with zero attached hydrogens (tertiary/aromatic N) is 3. The molecule has 1 amide bonds. The Morgan fingerprint density at radius 3 is 2.53 bits per heavy atom. The van der Waals surface area contributed by atoms with Gasteiger partial charge in [-0.15, -0.1) is 0 Å². The minimum Gasteiger partial charge on any atom is -0.453 e. The normalized spacial score (nSPS) is 11.0. The number of benzene rings is 2. The summed E-state index contributed by atoms with van der Waals surface area (Å²) in [7, 11) is 0. The zero-order valence-electron chi connectivity index (χ0n) is 18.9. The zero-order chi connectivity index (χ0) is 25.4. The number of nitrogens with two attached hydrogens (primary N) is 1. The molecule has 0 atom stereocenters. The summed E-state index contributed by atoms with van der Waals surface area (Å²) in [5.41, 5.74) is 6.66. The minimum atomic E-state index is -0.717. The number of carbonyl (C=O) groups is 1. The second-order valence-corrected chi connectivity index (χ2v) is 8.00. The number of rotatable bonds is 5. The van der Waals surface area contributed by atoms with Crippen LogP contribution in [0, 0.1) is 18.6 Å². The standard InChI is InChI=1S/C26H19F2N5O3/c1-15-2-9-20(26(35)33(15)18-6-3-16(27)4-7-18)25(34)30-17-5-10-22(21(28)12-17)36-19-8-11-24-31-23(29)14-32(24)13-19/h2-14H,29H2,1H3,(H,30,34). The number of hydrogen-bond acceptors (Lipinski definition) is 5. The second kappa shape index (κ2) is 8.99. The lowest BCUT2D eigenvalue weighted by atomic mass is 10.2. The highest BCUT2D eigenvalue weighted by Gasteiger charge is 2.16. The molecule has 5 rings (SSSR count). The van der Waals surface area contributed by atoms with Crippen LogP contribution < -0.4 is 21.3 Å². The number of amides is 1. The van der Waals surface area contributed by atoms with E-state index in [4.69, 9.17) is 10.5 Å². The third-order valence-corrected chi connectivity index (χ3v) is 5.47. The van der Waals surface area contributed by atoms with E-state index >= 15 is 0 Å². The van der Waals surface area contributed by atoms with Crippen LogP contribution in [0.15, 0.2) is 83.9 Å². The number of hydrogen-bond donors (Lipinski definition) is 2. The van der Waals surface area contributed by atoms with Crippen LogP contribution in [0.4, 0.5) is 20.3 Å². The maximum Gasteiger partial charge on any atom is 0.268 e. The minimum absolute atomic E-state index is 0.0607. The molecule has 8 nitrogen and oxygen atoms in total. The Balaban J connectivity index is 1.36. The summed E-state index contributed by atoms with van der Waals surface area (Å²) in [6.07, 6.45) is 3.21. The molecule has 0 aliphatic rings. The summed E-state index contributed by atoms with van der Waals surface area (Å²) >= 11 is 0. The first kappa shape index (κ1) is 22.8. The molecule has 3 N–H and O–H groups in total. The predicted octanol–water partition coefficient (Wildman–Crippen LogP) is 4.70. The predicted molar refractivity (Wildman–Crippen MR) is 131 cm³/mol. The molecule has 3 aromatic heterocycles. The van der Waals surface area contributed by atoms with Crippen molar-refractivity contribution in [3.63, 3.8) is 0 Å². The Labute approximate surface area is 203 Å².